The van der Waals surface area contributed by atoms with Crippen molar-refractivity contribution in [3.8, 4) is 0 Å². The summed E-state index contributed by atoms with van der Waals surface area (Å²) in [6.45, 7) is 0. The minimum atomic E-state index is -1.07. The fraction of sp³-hybridized carbons (Fsp3) is 0.250. The SMILES string of the molecule is O=c1c(Br)cn(C2CC2)c2ccc(F)c(F)c12. The molecule has 2 nitrogen and oxygen atoms in total. The molecule has 0 amide bonds. The molecule has 0 unspecified atom stereocenters. The average Bonchev–Trinajstić information content (AvgIpc) is 3.11. The van der Waals surface area contributed by atoms with Crippen molar-refractivity contribution in [1.29, 1.82) is 0 Å². The normalized spacial score (nSPS) is 15.5. The molecule has 1 saturated carbocycles. The summed E-state index contributed by atoms with van der Waals surface area (Å²) in [7, 11) is 0. The third-order valence-corrected chi connectivity index (χ3v) is 3.55. The lowest BCUT2D eigenvalue weighted by Gasteiger charge is -2.11. The highest BCUT2D eigenvalue weighted by atomic mass is 79.9. The van der Waals surface area contributed by atoms with Crippen molar-refractivity contribution in [2.45, 2.75) is 18.9 Å². The predicted octanol–water partition coefficient (Wildman–Crippen LogP) is 3.38. The van der Waals surface area contributed by atoms with Crippen LogP contribution < -0.4 is 5.43 Å². The summed E-state index contributed by atoms with van der Waals surface area (Å²) in [5.74, 6) is -2.06. The first-order valence-corrected chi connectivity index (χ1v) is 6.07. The van der Waals surface area contributed by atoms with Gasteiger partial charge in [0.2, 0.25) is 5.43 Å². The summed E-state index contributed by atoms with van der Waals surface area (Å²) in [6.07, 6.45) is 3.66. The minimum absolute atomic E-state index is 0.175. The molecule has 0 spiro atoms. The molecular weight excluding hydrogens is 292 g/mol. The van der Waals surface area contributed by atoms with Crippen LogP contribution in [0.5, 0.6) is 0 Å². The van der Waals surface area contributed by atoms with Gasteiger partial charge in [0.15, 0.2) is 11.6 Å². The highest BCUT2D eigenvalue weighted by Crippen LogP contribution is 2.37. The Morgan fingerprint density at radius 1 is 1.29 bits per heavy atom. The topological polar surface area (TPSA) is 22.0 Å². The second-order valence-corrected chi connectivity index (χ2v) is 5.05. The first-order valence-electron chi connectivity index (χ1n) is 5.28. The number of hydrogen-bond acceptors (Lipinski definition) is 1. The van der Waals surface area contributed by atoms with E-state index in [0.717, 1.165) is 18.9 Å². The smallest absolute Gasteiger partial charge is 0.206 e. The minimum Gasteiger partial charge on any atom is -0.343 e. The number of benzene rings is 1. The largest absolute Gasteiger partial charge is 0.343 e. The van der Waals surface area contributed by atoms with E-state index >= 15 is 0 Å². The molecule has 0 atom stereocenters. The van der Waals surface area contributed by atoms with Crippen LogP contribution in [0.1, 0.15) is 18.9 Å². The van der Waals surface area contributed by atoms with Gasteiger partial charge in [-0.2, -0.15) is 0 Å². The molecule has 1 aliphatic rings. The van der Waals surface area contributed by atoms with Crippen LogP contribution >= 0.6 is 15.9 Å². The van der Waals surface area contributed by atoms with E-state index < -0.39 is 17.1 Å². The molecular formula is C12H8BrF2NO. The predicted molar refractivity (Wildman–Crippen MR) is 64.1 cm³/mol. The third kappa shape index (κ3) is 1.60. The first-order chi connectivity index (χ1) is 8.09. The van der Waals surface area contributed by atoms with Gasteiger partial charge < -0.3 is 4.57 Å². The maximum atomic E-state index is 13.7. The van der Waals surface area contributed by atoms with Crippen LogP contribution in [0, 0.1) is 11.6 Å². The third-order valence-electron chi connectivity index (χ3n) is 2.99. The zero-order valence-electron chi connectivity index (χ0n) is 8.71. The Labute approximate surface area is 104 Å². The Morgan fingerprint density at radius 3 is 2.65 bits per heavy atom. The monoisotopic (exact) mass is 299 g/mol. The van der Waals surface area contributed by atoms with Crippen LogP contribution in [0.3, 0.4) is 0 Å². The molecule has 0 radical (unpaired) electrons. The maximum Gasteiger partial charge on any atom is 0.206 e. The van der Waals surface area contributed by atoms with Crippen molar-refractivity contribution in [1.82, 2.24) is 4.57 Å². The molecule has 1 aromatic heterocycles. The Kier molecular flexibility index (Phi) is 2.33. The van der Waals surface area contributed by atoms with E-state index in [0.29, 0.717) is 11.6 Å². The number of halogens is 3. The quantitative estimate of drug-likeness (QED) is 0.791. The maximum absolute atomic E-state index is 13.7. The van der Waals surface area contributed by atoms with E-state index in [2.05, 4.69) is 15.9 Å². The number of nitrogens with zero attached hydrogens (tertiary/aromatic N) is 1. The van der Waals surface area contributed by atoms with Crippen LogP contribution in [-0.2, 0) is 0 Å². The molecule has 0 N–H and O–H groups in total. The van der Waals surface area contributed by atoms with E-state index in [9.17, 15) is 13.6 Å². The van der Waals surface area contributed by atoms with Gasteiger partial charge in [0.25, 0.3) is 0 Å². The lowest BCUT2D eigenvalue weighted by molar-refractivity contribution is 0.515. The summed E-state index contributed by atoms with van der Waals surface area (Å²) >= 11 is 3.10. The number of hydrogen-bond donors (Lipinski definition) is 0. The highest BCUT2D eigenvalue weighted by molar-refractivity contribution is 9.10. The molecule has 0 saturated heterocycles. The standard InChI is InChI=1S/C12H8BrF2NO/c13-7-5-16(6-1-2-6)9-4-3-8(14)11(15)10(9)12(7)17/h3-6H,1-2H2. The van der Waals surface area contributed by atoms with E-state index in [1.165, 1.54) is 6.07 Å². The fourth-order valence-corrected chi connectivity index (χ4v) is 2.41. The molecule has 88 valence electrons. The zero-order chi connectivity index (χ0) is 12.2. The highest BCUT2D eigenvalue weighted by Gasteiger charge is 2.26. The van der Waals surface area contributed by atoms with E-state index in [-0.39, 0.29) is 9.86 Å². The summed E-state index contributed by atoms with van der Waals surface area (Å²) < 4.78 is 29.0. The van der Waals surface area contributed by atoms with Gasteiger partial charge in [-0.1, -0.05) is 0 Å². The molecule has 17 heavy (non-hydrogen) atoms. The van der Waals surface area contributed by atoms with Crippen LogP contribution in [0.4, 0.5) is 8.78 Å². The second-order valence-electron chi connectivity index (χ2n) is 4.20. The number of fused-ring (bicyclic) bond motifs is 1. The van der Waals surface area contributed by atoms with E-state index in [4.69, 9.17) is 0 Å². The number of aromatic nitrogens is 1. The van der Waals surface area contributed by atoms with Gasteiger partial charge in [-0.3, -0.25) is 4.79 Å². The van der Waals surface area contributed by atoms with E-state index in [1.807, 2.05) is 4.57 Å². The fourth-order valence-electron chi connectivity index (χ4n) is 2.00. The van der Waals surface area contributed by atoms with Crippen molar-refractivity contribution in [2.75, 3.05) is 0 Å². The van der Waals surface area contributed by atoms with Crippen molar-refractivity contribution in [3.05, 3.63) is 44.7 Å². The Bertz CT molecular complexity index is 676. The van der Waals surface area contributed by atoms with Crippen molar-refractivity contribution >= 4 is 26.8 Å². The van der Waals surface area contributed by atoms with Crippen molar-refractivity contribution < 1.29 is 8.78 Å². The zero-order valence-corrected chi connectivity index (χ0v) is 10.3. The molecule has 1 heterocycles. The Balaban J connectivity index is 2.50. The molecule has 3 rings (SSSR count). The van der Waals surface area contributed by atoms with Crippen LogP contribution in [0.25, 0.3) is 10.9 Å². The number of rotatable bonds is 1. The van der Waals surface area contributed by atoms with Crippen LogP contribution in [0.2, 0.25) is 0 Å². The van der Waals surface area contributed by atoms with Gasteiger partial charge in [0, 0.05) is 12.2 Å². The first kappa shape index (κ1) is 10.9. The average molecular weight is 300 g/mol. The Morgan fingerprint density at radius 2 is 2.00 bits per heavy atom. The van der Waals surface area contributed by atoms with Crippen LogP contribution in [0.15, 0.2) is 27.6 Å². The lowest BCUT2D eigenvalue weighted by atomic mass is 10.2. The van der Waals surface area contributed by atoms with Crippen LogP contribution in [-0.4, -0.2) is 4.57 Å². The molecule has 0 aliphatic heterocycles. The second kappa shape index (κ2) is 3.63. The molecule has 1 aromatic carbocycles. The summed E-state index contributed by atoms with van der Waals surface area (Å²) in [4.78, 5) is 11.8. The Hall–Kier alpha value is -1.23. The van der Waals surface area contributed by atoms with Gasteiger partial charge >= 0.3 is 0 Å². The van der Waals surface area contributed by atoms with Gasteiger partial charge in [-0.05, 0) is 40.9 Å². The molecule has 1 fully saturated rings. The van der Waals surface area contributed by atoms with Gasteiger partial charge in [0.1, 0.15) is 0 Å². The van der Waals surface area contributed by atoms with Gasteiger partial charge in [-0.25, -0.2) is 8.78 Å². The van der Waals surface area contributed by atoms with Gasteiger partial charge in [0.05, 0.1) is 15.4 Å². The lowest BCUT2D eigenvalue weighted by Crippen LogP contribution is -2.12. The molecule has 5 heteroatoms. The number of pyridine rings is 1. The molecule has 0 bridgehead atoms. The van der Waals surface area contributed by atoms with Gasteiger partial charge in [-0.15, -0.1) is 0 Å². The van der Waals surface area contributed by atoms with E-state index in [1.54, 1.807) is 6.20 Å². The molecule has 2 aromatic rings. The van der Waals surface area contributed by atoms with Crippen molar-refractivity contribution in [2.24, 2.45) is 0 Å². The molecule has 1 aliphatic carbocycles. The summed E-state index contributed by atoms with van der Waals surface area (Å²) in [5.41, 5.74) is -0.0477. The summed E-state index contributed by atoms with van der Waals surface area (Å²) in [6, 6.07) is 2.81. The summed E-state index contributed by atoms with van der Waals surface area (Å²) in [5, 5.41) is -0.175. The van der Waals surface area contributed by atoms with Crippen molar-refractivity contribution in [3.63, 3.8) is 0 Å².